The van der Waals surface area contributed by atoms with Crippen molar-refractivity contribution in [2.24, 2.45) is 5.92 Å². The van der Waals surface area contributed by atoms with Crippen LogP contribution in [0, 0.1) is 5.92 Å². The van der Waals surface area contributed by atoms with Crippen LogP contribution in [-0.4, -0.2) is 17.8 Å². The number of hydrogen-bond donors (Lipinski definition) is 0. The van der Waals surface area contributed by atoms with Crippen LogP contribution in [0.3, 0.4) is 0 Å². The molecule has 2 atom stereocenters. The molecule has 2 nitrogen and oxygen atoms in total. The molecule has 0 aliphatic carbocycles. The Morgan fingerprint density at radius 3 is 2.75 bits per heavy atom. The molecule has 108 valence electrons. The zero-order valence-corrected chi connectivity index (χ0v) is 11.3. The van der Waals surface area contributed by atoms with Crippen molar-refractivity contribution in [1.29, 1.82) is 0 Å². The van der Waals surface area contributed by atoms with E-state index in [2.05, 4.69) is 6.58 Å². The topological polar surface area (TPSA) is 20.3 Å². The summed E-state index contributed by atoms with van der Waals surface area (Å²) in [5, 5.41) is -0.720. The van der Waals surface area contributed by atoms with Crippen LogP contribution in [-0.2, 0) is 11.0 Å². The van der Waals surface area contributed by atoms with Gasteiger partial charge in [-0.15, -0.1) is 18.2 Å². The summed E-state index contributed by atoms with van der Waals surface area (Å²) in [5.41, 5.74) is -0.553. The van der Waals surface area contributed by atoms with Crippen LogP contribution in [0.2, 0.25) is 0 Å². The summed E-state index contributed by atoms with van der Waals surface area (Å²) < 4.78 is 38.0. The maximum atomic E-state index is 12.7. The molecule has 0 radical (unpaired) electrons. The first kappa shape index (κ1) is 14.9. The second-order valence-electron chi connectivity index (χ2n) is 4.68. The molecule has 1 aromatic rings. The number of anilines is 1. The van der Waals surface area contributed by atoms with Crippen molar-refractivity contribution in [3.8, 4) is 0 Å². The molecule has 0 saturated carbocycles. The molecule has 1 aliphatic heterocycles. The third-order valence-electron chi connectivity index (χ3n) is 3.29. The molecule has 1 saturated heterocycles. The van der Waals surface area contributed by atoms with Gasteiger partial charge in [0, 0.05) is 18.2 Å². The zero-order chi connectivity index (χ0) is 14.9. The molecule has 0 N–H and O–H groups in total. The molecule has 2 rings (SSSR count). The molecule has 1 aromatic carbocycles. The SMILES string of the molecule is C=CCC1CN(c2cccc(C(F)(F)F)c2)C(=O)C1Cl. The third-order valence-corrected chi connectivity index (χ3v) is 3.83. The molecule has 0 spiro atoms. The van der Waals surface area contributed by atoms with Crippen LogP contribution in [0.15, 0.2) is 36.9 Å². The Hall–Kier alpha value is -1.49. The number of carbonyl (C=O) groups is 1. The van der Waals surface area contributed by atoms with Gasteiger partial charge in [0.2, 0.25) is 5.91 Å². The number of carbonyl (C=O) groups excluding carboxylic acids is 1. The second-order valence-corrected chi connectivity index (χ2v) is 5.15. The Morgan fingerprint density at radius 2 is 2.15 bits per heavy atom. The number of amides is 1. The number of allylic oxidation sites excluding steroid dienone is 1. The molecule has 1 amide bonds. The van der Waals surface area contributed by atoms with Gasteiger partial charge >= 0.3 is 6.18 Å². The Morgan fingerprint density at radius 1 is 1.45 bits per heavy atom. The van der Waals surface area contributed by atoms with Crippen molar-refractivity contribution in [3.63, 3.8) is 0 Å². The molecule has 6 heteroatoms. The van der Waals surface area contributed by atoms with Crippen molar-refractivity contribution >= 4 is 23.2 Å². The quantitative estimate of drug-likeness (QED) is 0.613. The van der Waals surface area contributed by atoms with E-state index in [9.17, 15) is 18.0 Å². The van der Waals surface area contributed by atoms with Gasteiger partial charge in [-0.1, -0.05) is 12.1 Å². The third kappa shape index (κ3) is 2.82. The molecule has 1 aliphatic rings. The van der Waals surface area contributed by atoms with E-state index in [1.54, 1.807) is 6.08 Å². The maximum Gasteiger partial charge on any atom is 0.416 e. The van der Waals surface area contributed by atoms with E-state index in [0.29, 0.717) is 13.0 Å². The highest BCUT2D eigenvalue weighted by atomic mass is 35.5. The summed E-state index contributed by atoms with van der Waals surface area (Å²) >= 11 is 6.02. The summed E-state index contributed by atoms with van der Waals surface area (Å²) in [6.07, 6.45) is -2.22. The monoisotopic (exact) mass is 303 g/mol. The summed E-state index contributed by atoms with van der Waals surface area (Å²) in [6, 6.07) is 4.71. The summed E-state index contributed by atoms with van der Waals surface area (Å²) in [6.45, 7) is 3.90. The van der Waals surface area contributed by atoms with Gasteiger partial charge in [-0.3, -0.25) is 4.79 Å². The first-order chi connectivity index (χ1) is 9.34. The Labute approximate surface area is 119 Å². The van der Waals surface area contributed by atoms with Crippen LogP contribution in [0.1, 0.15) is 12.0 Å². The lowest BCUT2D eigenvalue weighted by Crippen LogP contribution is -2.27. The molecule has 1 fully saturated rings. The fraction of sp³-hybridized carbons (Fsp3) is 0.357. The van der Waals surface area contributed by atoms with Crippen molar-refractivity contribution < 1.29 is 18.0 Å². The summed E-state index contributed by atoms with van der Waals surface area (Å²) in [7, 11) is 0. The van der Waals surface area contributed by atoms with E-state index in [1.807, 2.05) is 0 Å². The average Bonchev–Trinajstić information content (AvgIpc) is 2.67. The predicted octanol–water partition coefficient (Wildman–Crippen LogP) is 3.85. The largest absolute Gasteiger partial charge is 0.416 e. The maximum absolute atomic E-state index is 12.7. The van der Waals surface area contributed by atoms with Crippen LogP contribution in [0.25, 0.3) is 0 Å². The zero-order valence-electron chi connectivity index (χ0n) is 10.5. The van der Waals surface area contributed by atoms with Crippen molar-refractivity contribution in [2.45, 2.75) is 18.0 Å². The van der Waals surface area contributed by atoms with E-state index < -0.39 is 17.1 Å². The van der Waals surface area contributed by atoms with Gasteiger partial charge in [0.05, 0.1) is 5.56 Å². The molecule has 1 heterocycles. The highest BCUT2D eigenvalue weighted by Crippen LogP contribution is 2.35. The minimum Gasteiger partial charge on any atom is -0.311 e. The number of benzene rings is 1. The lowest BCUT2D eigenvalue weighted by Gasteiger charge is -2.18. The number of nitrogens with zero attached hydrogens (tertiary/aromatic N) is 1. The second kappa shape index (κ2) is 5.48. The molecular formula is C14H13ClF3NO. The summed E-state index contributed by atoms with van der Waals surface area (Å²) in [4.78, 5) is 13.3. The predicted molar refractivity (Wildman–Crippen MR) is 71.7 cm³/mol. The van der Waals surface area contributed by atoms with Gasteiger partial charge in [0.1, 0.15) is 5.38 Å². The average molecular weight is 304 g/mol. The number of alkyl halides is 4. The summed E-state index contributed by atoms with van der Waals surface area (Å²) in [5.74, 6) is -0.492. The van der Waals surface area contributed by atoms with Gasteiger partial charge in [0.15, 0.2) is 0 Å². The van der Waals surface area contributed by atoms with Crippen molar-refractivity contribution in [2.75, 3.05) is 11.4 Å². The van der Waals surface area contributed by atoms with Crippen molar-refractivity contribution in [1.82, 2.24) is 0 Å². The van der Waals surface area contributed by atoms with E-state index in [0.717, 1.165) is 12.1 Å². The van der Waals surface area contributed by atoms with Gasteiger partial charge in [-0.2, -0.15) is 13.2 Å². The van der Waals surface area contributed by atoms with E-state index in [4.69, 9.17) is 11.6 Å². The van der Waals surface area contributed by atoms with Crippen LogP contribution in [0.5, 0.6) is 0 Å². The lowest BCUT2D eigenvalue weighted by atomic mass is 10.0. The molecule has 0 bridgehead atoms. The van der Waals surface area contributed by atoms with Gasteiger partial charge in [-0.05, 0) is 24.6 Å². The number of rotatable bonds is 3. The van der Waals surface area contributed by atoms with E-state index >= 15 is 0 Å². The highest BCUT2D eigenvalue weighted by Gasteiger charge is 2.39. The fourth-order valence-electron chi connectivity index (χ4n) is 2.26. The number of halogens is 4. The van der Waals surface area contributed by atoms with Gasteiger partial charge in [0.25, 0.3) is 0 Å². The fourth-order valence-corrected chi connectivity index (χ4v) is 2.56. The lowest BCUT2D eigenvalue weighted by molar-refractivity contribution is -0.137. The van der Waals surface area contributed by atoms with Crippen LogP contribution >= 0.6 is 11.6 Å². The molecular weight excluding hydrogens is 291 g/mol. The Bertz CT molecular complexity index is 529. The smallest absolute Gasteiger partial charge is 0.311 e. The molecule has 20 heavy (non-hydrogen) atoms. The normalized spacial score (nSPS) is 23.2. The molecule has 0 aromatic heterocycles. The minimum absolute atomic E-state index is 0.129. The van der Waals surface area contributed by atoms with Gasteiger partial charge < -0.3 is 4.90 Å². The standard InChI is InChI=1S/C14H13ClF3NO/c1-2-4-9-8-19(13(20)12(9)15)11-6-3-5-10(7-11)14(16,17)18/h2-3,5-7,9,12H,1,4,8H2. The first-order valence-corrected chi connectivity index (χ1v) is 6.52. The van der Waals surface area contributed by atoms with E-state index in [1.165, 1.54) is 17.0 Å². The molecule has 2 unspecified atom stereocenters. The highest BCUT2D eigenvalue weighted by molar-refractivity contribution is 6.34. The first-order valence-electron chi connectivity index (χ1n) is 6.08. The van der Waals surface area contributed by atoms with Crippen LogP contribution in [0.4, 0.5) is 18.9 Å². The van der Waals surface area contributed by atoms with E-state index in [-0.39, 0.29) is 17.5 Å². The number of hydrogen-bond acceptors (Lipinski definition) is 1. The minimum atomic E-state index is -4.43. The Balaban J connectivity index is 2.28. The van der Waals surface area contributed by atoms with Crippen LogP contribution < -0.4 is 4.90 Å². The van der Waals surface area contributed by atoms with Gasteiger partial charge in [-0.25, -0.2) is 0 Å². The van der Waals surface area contributed by atoms with Crippen molar-refractivity contribution in [3.05, 3.63) is 42.5 Å². The Kier molecular flexibility index (Phi) is 4.09.